The molecule has 2 N–H and O–H groups in total. The molecule has 0 bridgehead atoms. The number of nitrogens with zero attached hydrogens (tertiary/aromatic N) is 4. The summed E-state index contributed by atoms with van der Waals surface area (Å²) in [5, 5.41) is 12.2. The third-order valence-electron chi connectivity index (χ3n) is 4.77. The van der Waals surface area contributed by atoms with Gasteiger partial charge in [0.15, 0.2) is 5.65 Å². The highest BCUT2D eigenvalue weighted by atomic mass is 16.5. The number of rotatable bonds is 9. The molecule has 7 nitrogen and oxygen atoms in total. The fourth-order valence-electron chi connectivity index (χ4n) is 3.29. The summed E-state index contributed by atoms with van der Waals surface area (Å²) in [5.74, 6) is 1.28. The normalized spacial score (nSPS) is 11.2. The second kappa shape index (κ2) is 9.57. The quantitative estimate of drug-likeness (QED) is 0.370. The van der Waals surface area contributed by atoms with E-state index in [0.717, 1.165) is 41.2 Å². The Labute approximate surface area is 182 Å². The molecule has 4 rings (SSSR count). The Morgan fingerprint density at radius 2 is 1.87 bits per heavy atom. The van der Waals surface area contributed by atoms with Crippen molar-refractivity contribution in [1.82, 2.24) is 19.7 Å². The maximum atomic E-state index is 5.62. The molecule has 160 valence electrons. The van der Waals surface area contributed by atoms with Crippen molar-refractivity contribution < 1.29 is 4.74 Å². The first-order valence-electron chi connectivity index (χ1n) is 10.6. The summed E-state index contributed by atoms with van der Waals surface area (Å²) in [6.45, 7) is 7.57. The first-order chi connectivity index (χ1) is 15.1. The van der Waals surface area contributed by atoms with Gasteiger partial charge >= 0.3 is 0 Å². The van der Waals surface area contributed by atoms with E-state index in [4.69, 9.17) is 14.7 Å². The predicted molar refractivity (Wildman–Crippen MR) is 125 cm³/mol. The maximum Gasteiger partial charge on any atom is 0.226 e. The van der Waals surface area contributed by atoms with Crippen molar-refractivity contribution in [2.75, 3.05) is 23.8 Å². The van der Waals surface area contributed by atoms with Crippen molar-refractivity contribution in [3.63, 3.8) is 0 Å². The highest BCUT2D eigenvalue weighted by Gasteiger charge is 2.14. The van der Waals surface area contributed by atoms with Gasteiger partial charge in [0, 0.05) is 18.8 Å². The highest BCUT2D eigenvalue weighted by Crippen LogP contribution is 2.27. The Morgan fingerprint density at radius 3 is 2.65 bits per heavy atom. The lowest BCUT2D eigenvalue weighted by Gasteiger charge is -2.12. The summed E-state index contributed by atoms with van der Waals surface area (Å²) in [7, 11) is 0. The van der Waals surface area contributed by atoms with E-state index >= 15 is 0 Å². The van der Waals surface area contributed by atoms with E-state index in [9.17, 15) is 0 Å². The second-order valence-corrected chi connectivity index (χ2v) is 7.72. The molecule has 0 aliphatic carbocycles. The van der Waals surface area contributed by atoms with Crippen molar-refractivity contribution >= 4 is 28.5 Å². The molecule has 2 heterocycles. The van der Waals surface area contributed by atoms with Crippen molar-refractivity contribution in [3.05, 3.63) is 66.4 Å². The Kier molecular flexibility index (Phi) is 6.43. The largest absolute Gasteiger partial charge is 0.379 e. The van der Waals surface area contributed by atoms with Gasteiger partial charge in [0.2, 0.25) is 5.95 Å². The third-order valence-corrected chi connectivity index (χ3v) is 4.77. The standard InChI is InChI=1S/C24H28N6O/c1-17(2)31-14-8-13-25-24-28-22(27-19-10-7-9-18(3)15-19)21-16-26-30(23(21)29-24)20-11-5-4-6-12-20/h4-7,9-12,15-17H,8,13-14H2,1-3H3,(H2,25,27,28,29). The SMILES string of the molecule is Cc1cccc(Nc2nc(NCCCOC(C)C)nc3c2cnn3-c2ccccc2)c1. The molecule has 0 radical (unpaired) electrons. The average molecular weight is 417 g/mol. The van der Waals surface area contributed by atoms with Gasteiger partial charge in [-0.3, -0.25) is 0 Å². The lowest BCUT2D eigenvalue weighted by atomic mass is 10.2. The number of fused-ring (bicyclic) bond motifs is 1. The summed E-state index contributed by atoms with van der Waals surface area (Å²) < 4.78 is 7.46. The van der Waals surface area contributed by atoms with Crippen LogP contribution in [0.3, 0.4) is 0 Å². The summed E-state index contributed by atoms with van der Waals surface area (Å²) in [5.41, 5.74) is 3.86. The fraction of sp³-hybridized carbons (Fsp3) is 0.292. The molecule has 0 saturated heterocycles. The maximum absolute atomic E-state index is 5.62. The zero-order chi connectivity index (χ0) is 21.6. The lowest BCUT2D eigenvalue weighted by Crippen LogP contribution is -2.12. The van der Waals surface area contributed by atoms with Gasteiger partial charge in [-0.1, -0.05) is 30.3 Å². The summed E-state index contributed by atoms with van der Waals surface area (Å²) in [4.78, 5) is 9.50. The van der Waals surface area contributed by atoms with Crippen LogP contribution in [0.25, 0.3) is 16.7 Å². The molecule has 4 aromatic rings. The van der Waals surface area contributed by atoms with E-state index < -0.39 is 0 Å². The van der Waals surface area contributed by atoms with Crippen molar-refractivity contribution in [2.24, 2.45) is 0 Å². The first-order valence-corrected chi connectivity index (χ1v) is 10.6. The molecule has 0 fully saturated rings. The number of ether oxygens (including phenoxy) is 1. The van der Waals surface area contributed by atoms with E-state index in [1.54, 1.807) is 6.20 Å². The lowest BCUT2D eigenvalue weighted by molar-refractivity contribution is 0.0787. The van der Waals surface area contributed by atoms with Gasteiger partial charge in [0.1, 0.15) is 5.82 Å². The van der Waals surface area contributed by atoms with Crippen LogP contribution in [0.1, 0.15) is 25.8 Å². The molecule has 0 spiro atoms. The van der Waals surface area contributed by atoms with E-state index in [1.807, 2.05) is 61.0 Å². The van der Waals surface area contributed by atoms with Crippen LogP contribution in [-0.4, -0.2) is 39.0 Å². The fourth-order valence-corrected chi connectivity index (χ4v) is 3.29. The van der Waals surface area contributed by atoms with Crippen LogP contribution in [0, 0.1) is 6.92 Å². The monoisotopic (exact) mass is 416 g/mol. The molecule has 0 amide bonds. The highest BCUT2D eigenvalue weighted by molar-refractivity contribution is 5.90. The van der Waals surface area contributed by atoms with Crippen LogP contribution >= 0.6 is 0 Å². The molecule has 31 heavy (non-hydrogen) atoms. The molecule has 0 atom stereocenters. The number of benzene rings is 2. The van der Waals surface area contributed by atoms with Gasteiger partial charge in [0.05, 0.1) is 23.4 Å². The summed E-state index contributed by atoms with van der Waals surface area (Å²) >= 11 is 0. The van der Waals surface area contributed by atoms with Gasteiger partial charge in [-0.05, 0) is 57.0 Å². The van der Waals surface area contributed by atoms with Gasteiger partial charge in [0.25, 0.3) is 0 Å². The van der Waals surface area contributed by atoms with Gasteiger partial charge < -0.3 is 15.4 Å². The minimum absolute atomic E-state index is 0.234. The van der Waals surface area contributed by atoms with Crippen molar-refractivity contribution in [2.45, 2.75) is 33.3 Å². The van der Waals surface area contributed by atoms with Crippen LogP contribution in [0.2, 0.25) is 0 Å². The van der Waals surface area contributed by atoms with E-state index in [2.05, 4.69) is 34.8 Å². The van der Waals surface area contributed by atoms with E-state index in [-0.39, 0.29) is 6.10 Å². The van der Waals surface area contributed by atoms with Crippen LogP contribution in [-0.2, 0) is 4.74 Å². The molecule has 7 heteroatoms. The first kappa shape index (κ1) is 20.8. The van der Waals surface area contributed by atoms with Crippen LogP contribution in [0.4, 0.5) is 17.5 Å². The average Bonchev–Trinajstić information content (AvgIpc) is 3.18. The number of para-hydroxylation sites is 1. The molecular weight excluding hydrogens is 388 g/mol. The minimum Gasteiger partial charge on any atom is -0.379 e. The zero-order valence-electron chi connectivity index (χ0n) is 18.2. The molecule has 0 unspecified atom stereocenters. The summed E-state index contributed by atoms with van der Waals surface area (Å²) in [6.07, 6.45) is 2.91. The zero-order valence-corrected chi connectivity index (χ0v) is 18.2. The minimum atomic E-state index is 0.234. The number of hydrogen-bond donors (Lipinski definition) is 2. The van der Waals surface area contributed by atoms with Crippen LogP contribution in [0.15, 0.2) is 60.8 Å². The molecule has 0 aliphatic heterocycles. The Hall–Kier alpha value is -3.45. The predicted octanol–water partition coefficient (Wildman–Crippen LogP) is 5.09. The third kappa shape index (κ3) is 5.19. The van der Waals surface area contributed by atoms with Gasteiger partial charge in [-0.2, -0.15) is 15.1 Å². The molecule has 2 aromatic heterocycles. The molecule has 2 aromatic carbocycles. The smallest absolute Gasteiger partial charge is 0.226 e. The van der Waals surface area contributed by atoms with Crippen LogP contribution in [0.5, 0.6) is 0 Å². The number of anilines is 3. The second-order valence-electron chi connectivity index (χ2n) is 7.72. The van der Waals surface area contributed by atoms with Crippen molar-refractivity contribution in [3.8, 4) is 5.69 Å². The van der Waals surface area contributed by atoms with Gasteiger partial charge in [-0.25, -0.2) is 4.68 Å². The van der Waals surface area contributed by atoms with Gasteiger partial charge in [-0.15, -0.1) is 0 Å². The Morgan fingerprint density at radius 1 is 1.03 bits per heavy atom. The Bertz CT molecular complexity index is 1140. The summed E-state index contributed by atoms with van der Waals surface area (Å²) in [6, 6.07) is 18.2. The molecule has 0 saturated carbocycles. The molecule has 0 aliphatic rings. The number of aromatic nitrogens is 4. The molecular formula is C24H28N6O. The van der Waals surface area contributed by atoms with Crippen LogP contribution < -0.4 is 10.6 Å². The van der Waals surface area contributed by atoms with E-state index in [0.29, 0.717) is 12.6 Å². The topological polar surface area (TPSA) is 76.9 Å². The number of hydrogen-bond acceptors (Lipinski definition) is 6. The number of aryl methyl sites for hydroxylation is 1. The van der Waals surface area contributed by atoms with E-state index in [1.165, 1.54) is 5.56 Å². The van der Waals surface area contributed by atoms with Crippen molar-refractivity contribution in [1.29, 1.82) is 0 Å². The Balaban J connectivity index is 1.66. The number of nitrogens with one attached hydrogen (secondary N) is 2.